The first-order valence-electron chi connectivity index (χ1n) is 6.76. The summed E-state index contributed by atoms with van der Waals surface area (Å²) in [6.45, 7) is 4.65. The van der Waals surface area contributed by atoms with Crippen molar-refractivity contribution in [1.29, 1.82) is 0 Å². The van der Waals surface area contributed by atoms with Gasteiger partial charge in [-0.25, -0.2) is 13.1 Å². The Bertz CT molecular complexity index is 650. The Morgan fingerprint density at radius 2 is 2.19 bits per heavy atom. The van der Waals surface area contributed by atoms with Gasteiger partial charge in [0.1, 0.15) is 4.99 Å². The van der Waals surface area contributed by atoms with Gasteiger partial charge in [0.2, 0.25) is 10.0 Å². The van der Waals surface area contributed by atoms with Crippen molar-refractivity contribution in [3.05, 3.63) is 29.3 Å². The maximum atomic E-state index is 12.7. The molecule has 5 nitrogen and oxygen atoms in total. The van der Waals surface area contributed by atoms with E-state index in [-0.39, 0.29) is 9.88 Å². The highest BCUT2D eigenvalue weighted by atomic mass is 32.2. The lowest BCUT2D eigenvalue weighted by atomic mass is 9.97. The first-order valence-corrected chi connectivity index (χ1v) is 8.65. The molecule has 1 atom stereocenters. The predicted octanol–water partition coefficient (Wildman–Crippen LogP) is 1.48. The molecule has 2 rings (SSSR count). The molecule has 1 saturated heterocycles. The van der Waals surface area contributed by atoms with Gasteiger partial charge < -0.3 is 10.5 Å². The molecule has 1 aliphatic heterocycles. The predicted molar refractivity (Wildman–Crippen MR) is 85.8 cm³/mol. The van der Waals surface area contributed by atoms with Crippen molar-refractivity contribution in [2.75, 3.05) is 13.2 Å². The van der Waals surface area contributed by atoms with E-state index in [1.165, 1.54) is 6.07 Å². The van der Waals surface area contributed by atoms with Gasteiger partial charge >= 0.3 is 0 Å². The second-order valence-corrected chi connectivity index (χ2v) is 7.76. The molecule has 0 spiro atoms. The molecular weight excluding hydrogens is 308 g/mol. The molecule has 1 unspecified atom stereocenters. The third-order valence-corrected chi connectivity index (χ3v) is 5.60. The van der Waals surface area contributed by atoms with E-state index in [2.05, 4.69) is 4.72 Å². The molecule has 0 aliphatic carbocycles. The fourth-order valence-electron chi connectivity index (χ4n) is 2.44. The standard InChI is InChI=1S/C14H20N2O3S2/c1-10-4-5-11(13(15)20)8-12(10)21(17,18)16-14(2)6-3-7-19-9-14/h4-5,8,16H,3,6-7,9H2,1-2H3,(H2,15,20). The Balaban J connectivity index is 2.35. The van der Waals surface area contributed by atoms with Crippen molar-refractivity contribution < 1.29 is 13.2 Å². The van der Waals surface area contributed by atoms with E-state index in [1.807, 2.05) is 6.92 Å². The Morgan fingerprint density at radius 1 is 1.48 bits per heavy atom. The summed E-state index contributed by atoms with van der Waals surface area (Å²) < 4.78 is 33.5. The van der Waals surface area contributed by atoms with Gasteiger partial charge in [-0.05, 0) is 38.3 Å². The minimum absolute atomic E-state index is 0.179. The van der Waals surface area contributed by atoms with Crippen LogP contribution in [-0.2, 0) is 14.8 Å². The summed E-state index contributed by atoms with van der Waals surface area (Å²) in [4.78, 5) is 0.387. The lowest BCUT2D eigenvalue weighted by molar-refractivity contribution is 0.0386. The van der Waals surface area contributed by atoms with E-state index in [0.717, 1.165) is 12.8 Å². The summed E-state index contributed by atoms with van der Waals surface area (Å²) in [5.74, 6) is 0. The Morgan fingerprint density at radius 3 is 2.76 bits per heavy atom. The molecule has 116 valence electrons. The number of ether oxygens (including phenoxy) is 1. The monoisotopic (exact) mass is 328 g/mol. The second kappa shape index (κ2) is 6.00. The van der Waals surface area contributed by atoms with Crippen LogP contribution in [0.2, 0.25) is 0 Å². The number of benzene rings is 1. The summed E-state index contributed by atoms with van der Waals surface area (Å²) >= 11 is 4.91. The van der Waals surface area contributed by atoms with Crippen LogP contribution in [0.25, 0.3) is 0 Å². The van der Waals surface area contributed by atoms with Gasteiger partial charge in [0.15, 0.2) is 0 Å². The maximum Gasteiger partial charge on any atom is 0.241 e. The van der Waals surface area contributed by atoms with Gasteiger partial charge in [0, 0.05) is 12.2 Å². The van der Waals surface area contributed by atoms with Crippen LogP contribution in [0.5, 0.6) is 0 Å². The Kier molecular flexibility index (Phi) is 4.67. The molecular formula is C14H20N2O3S2. The van der Waals surface area contributed by atoms with Crippen molar-refractivity contribution in [3.63, 3.8) is 0 Å². The lowest BCUT2D eigenvalue weighted by Gasteiger charge is -2.34. The lowest BCUT2D eigenvalue weighted by Crippen LogP contribution is -2.51. The molecule has 1 fully saturated rings. The second-order valence-electron chi connectivity index (χ2n) is 5.67. The van der Waals surface area contributed by atoms with Crippen LogP contribution in [0.15, 0.2) is 23.1 Å². The van der Waals surface area contributed by atoms with Gasteiger partial charge in [0.05, 0.1) is 17.0 Å². The van der Waals surface area contributed by atoms with Crippen LogP contribution >= 0.6 is 12.2 Å². The highest BCUT2D eigenvalue weighted by Crippen LogP contribution is 2.24. The summed E-state index contributed by atoms with van der Waals surface area (Å²) in [6.07, 6.45) is 1.59. The largest absolute Gasteiger partial charge is 0.389 e. The number of rotatable bonds is 4. The van der Waals surface area contributed by atoms with Crippen molar-refractivity contribution in [1.82, 2.24) is 4.72 Å². The van der Waals surface area contributed by atoms with E-state index >= 15 is 0 Å². The first kappa shape index (κ1) is 16.4. The average molecular weight is 328 g/mol. The molecule has 1 aromatic carbocycles. The SMILES string of the molecule is Cc1ccc(C(N)=S)cc1S(=O)(=O)NC1(C)CCCOC1. The Hall–Kier alpha value is -1.02. The van der Waals surface area contributed by atoms with Gasteiger partial charge in [-0.3, -0.25) is 0 Å². The van der Waals surface area contributed by atoms with Crippen LogP contribution in [-0.4, -0.2) is 32.2 Å². The summed E-state index contributed by atoms with van der Waals surface area (Å²) in [5, 5.41) is 0. The number of aryl methyl sites for hydroxylation is 1. The first-order chi connectivity index (χ1) is 9.73. The third kappa shape index (κ3) is 3.79. The Labute approximate surface area is 130 Å². The molecule has 0 aromatic heterocycles. The van der Waals surface area contributed by atoms with Gasteiger partial charge in [0.25, 0.3) is 0 Å². The summed E-state index contributed by atoms with van der Waals surface area (Å²) in [6, 6.07) is 4.96. The molecule has 0 saturated carbocycles. The zero-order valence-corrected chi connectivity index (χ0v) is 13.8. The molecule has 1 aliphatic rings. The van der Waals surface area contributed by atoms with Crippen molar-refractivity contribution in [3.8, 4) is 0 Å². The number of thiocarbonyl (C=S) groups is 1. The number of hydrogen-bond acceptors (Lipinski definition) is 4. The molecule has 1 aromatic rings. The van der Waals surface area contributed by atoms with Crippen molar-refractivity contribution in [2.45, 2.75) is 37.1 Å². The highest BCUT2D eigenvalue weighted by Gasteiger charge is 2.33. The van der Waals surface area contributed by atoms with Crippen molar-refractivity contribution >= 4 is 27.2 Å². The van der Waals surface area contributed by atoms with Crippen LogP contribution in [0.3, 0.4) is 0 Å². The molecule has 1 heterocycles. The minimum Gasteiger partial charge on any atom is -0.389 e. The topological polar surface area (TPSA) is 81.4 Å². The summed E-state index contributed by atoms with van der Waals surface area (Å²) in [7, 11) is -3.65. The average Bonchev–Trinajstić information content (AvgIpc) is 2.38. The number of sulfonamides is 1. The van der Waals surface area contributed by atoms with Gasteiger partial charge in [-0.2, -0.15) is 0 Å². The van der Waals surface area contributed by atoms with Crippen molar-refractivity contribution in [2.24, 2.45) is 5.73 Å². The number of nitrogens with one attached hydrogen (secondary N) is 1. The fourth-order valence-corrected chi connectivity index (χ4v) is 4.26. The molecule has 3 N–H and O–H groups in total. The highest BCUT2D eigenvalue weighted by molar-refractivity contribution is 7.89. The van der Waals surface area contributed by atoms with E-state index < -0.39 is 15.6 Å². The smallest absolute Gasteiger partial charge is 0.241 e. The molecule has 7 heteroatoms. The normalized spacial score (nSPS) is 23.0. The van der Waals surface area contributed by atoms with Crippen LogP contribution in [0.4, 0.5) is 0 Å². The molecule has 21 heavy (non-hydrogen) atoms. The molecule has 0 radical (unpaired) electrons. The maximum absolute atomic E-state index is 12.7. The van der Waals surface area contributed by atoms with E-state index in [4.69, 9.17) is 22.7 Å². The van der Waals surface area contributed by atoms with E-state index in [1.54, 1.807) is 19.1 Å². The molecule has 0 bridgehead atoms. The third-order valence-electron chi connectivity index (χ3n) is 3.58. The minimum atomic E-state index is -3.65. The van der Waals surface area contributed by atoms with Gasteiger partial charge in [-0.1, -0.05) is 24.4 Å². The fraction of sp³-hybridized carbons (Fsp3) is 0.500. The quantitative estimate of drug-likeness (QED) is 0.818. The number of hydrogen-bond donors (Lipinski definition) is 2. The van der Waals surface area contributed by atoms with E-state index in [0.29, 0.717) is 24.3 Å². The van der Waals surface area contributed by atoms with Crippen LogP contribution < -0.4 is 10.5 Å². The molecule has 0 amide bonds. The zero-order chi connectivity index (χ0) is 15.7. The van der Waals surface area contributed by atoms with Gasteiger partial charge in [-0.15, -0.1) is 0 Å². The number of nitrogens with two attached hydrogens (primary N) is 1. The van der Waals surface area contributed by atoms with E-state index in [9.17, 15) is 8.42 Å². The van der Waals surface area contributed by atoms with Crippen LogP contribution in [0.1, 0.15) is 30.9 Å². The summed E-state index contributed by atoms with van der Waals surface area (Å²) in [5.41, 5.74) is 6.20. The van der Waals surface area contributed by atoms with Crippen LogP contribution in [0, 0.1) is 6.92 Å². The zero-order valence-electron chi connectivity index (χ0n) is 12.2.